The summed E-state index contributed by atoms with van der Waals surface area (Å²) in [7, 11) is 0. The van der Waals surface area contributed by atoms with Gasteiger partial charge in [-0.2, -0.15) is 0 Å². The van der Waals surface area contributed by atoms with E-state index in [1.807, 2.05) is 12.1 Å². The molecule has 2 rings (SSSR count). The molecule has 0 saturated carbocycles. The minimum atomic E-state index is 0.424. The average molecular weight is 267 g/mol. The molecule has 1 aromatic carbocycles. The van der Waals surface area contributed by atoms with E-state index in [1.54, 1.807) is 0 Å². The second-order valence-electron chi connectivity index (χ2n) is 5.49. The number of nitrogens with zero attached hydrogens (tertiary/aromatic N) is 1. The molecule has 1 aliphatic heterocycles. The molecule has 100 valence electrons. The number of halogens is 1. The fraction of sp³-hybridized carbons (Fsp3) is 0.600. The lowest BCUT2D eigenvalue weighted by Gasteiger charge is -2.33. The van der Waals surface area contributed by atoms with Crippen LogP contribution in [0, 0.1) is 5.92 Å². The summed E-state index contributed by atoms with van der Waals surface area (Å²) in [6.07, 6.45) is 2.68. The van der Waals surface area contributed by atoms with E-state index in [-0.39, 0.29) is 0 Å². The van der Waals surface area contributed by atoms with Gasteiger partial charge in [-0.1, -0.05) is 30.7 Å². The molecule has 1 fully saturated rings. The van der Waals surface area contributed by atoms with Gasteiger partial charge in [0.1, 0.15) is 0 Å². The maximum absolute atomic E-state index is 5.94. The van der Waals surface area contributed by atoms with E-state index in [4.69, 9.17) is 17.3 Å². The highest BCUT2D eigenvalue weighted by molar-refractivity contribution is 6.30. The molecular weight excluding hydrogens is 244 g/mol. The van der Waals surface area contributed by atoms with Gasteiger partial charge in [-0.05, 0) is 43.0 Å². The quantitative estimate of drug-likeness (QED) is 0.907. The van der Waals surface area contributed by atoms with E-state index in [0.717, 1.165) is 17.5 Å². The highest BCUT2D eigenvalue weighted by Crippen LogP contribution is 2.22. The number of likely N-dealkylation sites (tertiary alicyclic amines) is 1. The van der Waals surface area contributed by atoms with Crippen molar-refractivity contribution in [3.05, 3.63) is 34.9 Å². The van der Waals surface area contributed by atoms with E-state index in [1.165, 1.54) is 31.5 Å². The molecule has 1 heterocycles. The maximum Gasteiger partial charge on any atom is 0.0406 e. The molecule has 1 aliphatic rings. The van der Waals surface area contributed by atoms with Gasteiger partial charge in [0.05, 0.1) is 0 Å². The molecule has 1 aromatic rings. The normalized spacial score (nSPS) is 22.9. The number of benzene rings is 1. The summed E-state index contributed by atoms with van der Waals surface area (Å²) >= 11 is 5.93. The molecule has 0 bridgehead atoms. The van der Waals surface area contributed by atoms with Crippen LogP contribution in [0.3, 0.4) is 0 Å². The van der Waals surface area contributed by atoms with Gasteiger partial charge in [-0.25, -0.2) is 0 Å². The molecular formula is C15H23ClN2. The molecule has 2 nitrogen and oxygen atoms in total. The molecule has 0 amide bonds. The Balaban J connectivity index is 1.98. The van der Waals surface area contributed by atoms with E-state index >= 15 is 0 Å². The minimum absolute atomic E-state index is 0.424. The second-order valence-corrected chi connectivity index (χ2v) is 5.93. The lowest BCUT2D eigenvalue weighted by atomic mass is 9.95. The molecule has 2 unspecified atom stereocenters. The second kappa shape index (κ2) is 6.55. The number of piperidine rings is 1. The van der Waals surface area contributed by atoms with Crippen molar-refractivity contribution in [2.75, 3.05) is 26.2 Å². The Morgan fingerprint density at radius 2 is 2.11 bits per heavy atom. The monoisotopic (exact) mass is 266 g/mol. The SMILES string of the molecule is CC1CCCN(CC(CN)c2ccc(Cl)cc2)C1. The predicted octanol–water partition coefficient (Wildman–Crippen LogP) is 3.11. The molecule has 0 spiro atoms. The van der Waals surface area contributed by atoms with E-state index in [9.17, 15) is 0 Å². The molecule has 2 atom stereocenters. The van der Waals surface area contributed by atoms with Crippen molar-refractivity contribution < 1.29 is 0 Å². The van der Waals surface area contributed by atoms with Crippen LogP contribution in [0.25, 0.3) is 0 Å². The van der Waals surface area contributed by atoms with Gasteiger partial charge in [-0.15, -0.1) is 0 Å². The summed E-state index contributed by atoms with van der Waals surface area (Å²) < 4.78 is 0. The lowest BCUT2D eigenvalue weighted by Crippen LogP contribution is -2.38. The van der Waals surface area contributed by atoms with Gasteiger partial charge in [0.25, 0.3) is 0 Å². The highest BCUT2D eigenvalue weighted by atomic mass is 35.5. The van der Waals surface area contributed by atoms with Crippen LogP contribution < -0.4 is 5.73 Å². The van der Waals surface area contributed by atoms with Gasteiger partial charge in [-0.3, -0.25) is 0 Å². The Morgan fingerprint density at radius 1 is 1.39 bits per heavy atom. The number of rotatable bonds is 4. The number of nitrogens with two attached hydrogens (primary N) is 1. The van der Waals surface area contributed by atoms with Gasteiger partial charge in [0, 0.05) is 30.6 Å². The smallest absolute Gasteiger partial charge is 0.0406 e. The summed E-state index contributed by atoms with van der Waals surface area (Å²) in [5.74, 6) is 1.25. The van der Waals surface area contributed by atoms with Crippen LogP contribution >= 0.6 is 11.6 Å². The first-order chi connectivity index (χ1) is 8.69. The summed E-state index contributed by atoms with van der Waals surface area (Å²) in [6.45, 7) is 6.54. The summed E-state index contributed by atoms with van der Waals surface area (Å²) in [5.41, 5.74) is 7.24. The van der Waals surface area contributed by atoms with Crippen molar-refractivity contribution in [3.8, 4) is 0 Å². The van der Waals surface area contributed by atoms with Crippen LogP contribution in [0.4, 0.5) is 0 Å². The predicted molar refractivity (Wildman–Crippen MR) is 78.1 cm³/mol. The first-order valence-electron chi connectivity index (χ1n) is 6.87. The van der Waals surface area contributed by atoms with Crippen molar-refractivity contribution in [2.45, 2.75) is 25.7 Å². The molecule has 2 N–H and O–H groups in total. The fourth-order valence-corrected chi connectivity index (χ4v) is 2.94. The zero-order chi connectivity index (χ0) is 13.0. The summed E-state index contributed by atoms with van der Waals surface area (Å²) in [6, 6.07) is 8.12. The largest absolute Gasteiger partial charge is 0.330 e. The summed E-state index contributed by atoms with van der Waals surface area (Å²) in [5, 5.41) is 0.793. The Kier molecular flexibility index (Phi) is 5.04. The van der Waals surface area contributed by atoms with Crippen molar-refractivity contribution in [1.82, 2.24) is 4.90 Å². The zero-order valence-corrected chi connectivity index (χ0v) is 11.9. The van der Waals surface area contributed by atoms with Crippen molar-refractivity contribution in [3.63, 3.8) is 0 Å². The van der Waals surface area contributed by atoms with Crippen LogP contribution in [0.15, 0.2) is 24.3 Å². The van der Waals surface area contributed by atoms with Gasteiger partial charge in [0.2, 0.25) is 0 Å². The van der Waals surface area contributed by atoms with Gasteiger partial charge < -0.3 is 10.6 Å². The fourth-order valence-electron chi connectivity index (χ4n) is 2.82. The Hall–Kier alpha value is -0.570. The standard InChI is InChI=1S/C15H23ClN2/c1-12-3-2-8-18(10-12)11-14(9-17)13-4-6-15(16)7-5-13/h4-7,12,14H,2-3,8-11,17H2,1H3. The maximum atomic E-state index is 5.94. The highest BCUT2D eigenvalue weighted by Gasteiger charge is 2.20. The third kappa shape index (κ3) is 3.71. The molecule has 3 heteroatoms. The Bertz CT molecular complexity index is 363. The average Bonchev–Trinajstić information content (AvgIpc) is 2.37. The van der Waals surface area contributed by atoms with Crippen molar-refractivity contribution >= 4 is 11.6 Å². The first-order valence-corrected chi connectivity index (χ1v) is 7.24. The number of hydrogen-bond donors (Lipinski definition) is 1. The van der Waals surface area contributed by atoms with E-state index in [2.05, 4.69) is 24.0 Å². The molecule has 0 radical (unpaired) electrons. The van der Waals surface area contributed by atoms with Gasteiger partial charge in [0.15, 0.2) is 0 Å². The van der Waals surface area contributed by atoms with E-state index < -0.39 is 0 Å². The van der Waals surface area contributed by atoms with Gasteiger partial charge >= 0.3 is 0 Å². The molecule has 0 aliphatic carbocycles. The van der Waals surface area contributed by atoms with Crippen LogP contribution in [-0.2, 0) is 0 Å². The van der Waals surface area contributed by atoms with Crippen LogP contribution in [0.1, 0.15) is 31.2 Å². The zero-order valence-electron chi connectivity index (χ0n) is 11.1. The molecule has 0 aromatic heterocycles. The number of hydrogen-bond acceptors (Lipinski definition) is 2. The van der Waals surface area contributed by atoms with Crippen LogP contribution in [0.5, 0.6) is 0 Å². The first kappa shape index (κ1) is 13.9. The van der Waals surface area contributed by atoms with Crippen molar-refractivity contribution in [2.24, 2.45) is 11.7 Å². The topological polar surface area (TPSA) is 29.3 Å². The van der Waals surface area contributed by atoms with E-state index in [0.29, 0.717) is 12.5 Å². The Labute approximate surface area is 115 Å². The van der Waals surface area contributed by atoms with Crippen LogP contribution in [0.2, 0.25) is 5.02 Å². The third-order valence-corrected chi connectivity index (χ3v) is 4.10. The van der Waals surface area contributed by atoms with Crippen LogP contribution in [-0.4, -0.2) is 31.1 Å². The van der Waals surface area contributed by atoms with Crippen molar-refractivity contribution in [1.29, 1.82) is 0 Å². The minimum Gasteiger partial charge on any atom is -0.330 e. The summed E-state index contributed by atoms with van der Waals surface area (Å²) in [4.78, 5) is 2.56. The molecule has 1 saturated heterocycles. The molecule has 18 heavy (non-hydrogen) atoms. The third-order valence-electron chi connectivity index (χ3n) is 3.85. The Morgan fingerprint density at radius 3 is 2.72 bits per heavy atom. The lowest BCUT2D eigenvalue weighted by molar-refractivity contribution is 0.175.